The van der Waals surface area contributed by atoms with Gasteiger partial charge in [-0.05, 0) is 78.2 Å². The molecular formula is C59H75N7O12. The van der Waals surface area contributed by atoms with E-state index < -0.39 is 47.4 Å². The van der Waals surface area contributed by atoms with E-state index in [4.69, 9.17) is 34.0 Å². The van der Waals surface area contributed by atoms with Crippen molar-refractivity contribution in [2.24, 2.45) is 5.11 Å². The molecule has 78 heavy (non-hydrogen) atoms. The van der Waals surface area contributed by atoms with Crippen LogP contribution in [0.15, 0.2) is 145 Å². The summed E-state index contributed by atoms with van der Waals surface area (Å²) in [5, 5.41) is 26.4. The molecule has 0 aliphatic heterocycles. The number of amides is 3. The quantitative estimate of drug-likeness (QED) is 0.00672. The number of esters is 1. The number of hydrogen-bond donors (Lipinski definition) is 5. The standard InChI is InChI=1S/C59H75N7O12/c1-45-21-25-50(26-22-45)59(48-16-8-4-9-17-48,49-18-10-5-11-19-49)61-30-13-12-20-52(56(69)63-51-27-23-47(24-28-51)55(68)58(71)72-2)65-57(70)53(44-46-14-6-3-7-15-46)64-54(67)29-32-73-34-36-75-38-40-77-42-43-78-41-39-76-37-35-74-33-31-62-66-60/h3-11,14-19,21-28,52-53,55,61,68H,12-13,20,29-44H2,1-2H3,(H,63,69)(H,64,67)(H,65,70). The summed E-state index contributed by atoms with van der Waals surface area (Å²) < 4.78 is 37.6. The predicted molar refractivity (Wildman–Crippen MR) is 295 cm³/mol. The van der Waals surface area contributed by atoms with Gasteiger partial charge in [0.15, 0.2) is 6.10 Å². The summed E-state index contributed by atoms with van der Waals surface area (Å²) >= 11 is 0. The summed E-state index contributed by atoms with van der Waals surface area (Å²) in [6, 6.07) is 42.5. The first-order valence-corrected chi connectivity index (χ1v) is 26.4. The molecule has 0 aromatic heterocycles. The minimum Gasteiger partial charge on any atom is -0.467 e. The number of carbonyl (C=O) groups is 4. The fourth-order valence-corrected chi connectivity index (χ4v) is 8.34. The third-order valence-electron chi connectivity index (χ3n) is 12.4. The van der Waals surface area contributed by atoms with Crippen molar-refractivity contribution in [3.63, 3.8) is 0 Å². The Balaban J connectivity index is 1.15. The smallest absolute Gasteiger partial charge is 0.339 e. The maximum atomic E-state index is 14.4. The number of azide groups is 1. The third-order valence-corrected chi connectivity index (χ3v) is 12.4. The van der Waals surface area contributed by atoms with Gasteiger partial charge in [0.05, 0.1) is 91.9 Å². The van der Waals surface area contributed by atoms with Gasteiger partial charge in [-0.15, -0.1) is 0 Å². The maximum Gasteiger partial charge on any atom is 0.339 e. The van der Waals surface area contributed by atoms with E-state index in [2.05, 4.69) is 91.5 Å². The van der Waals surface area contributed by atoms with Crippen LogP contribution in [0.1, 0.15) is 65.2 Å². The highest BCUT2D eigenvalue weighted by Gasteiger charge is 2.36. The van der Waals surface area contributed by atoms with Crippen molar-refractivity contribution in [1.29, 1.82) is 0 Å². The van der Waals surface area contributed by atoms with Crippen LogP contribution in [0.5, 0.6) is 0 Å². The van der Waals surface area contributed by atoms with Crippen molar-refractivity contribution in [1.82, 2.24) is 16.0 Å². The first kappa shape index (κ1) is 61.8. The summed E-state index contributed by atoms with van der Waals surface area (Å²) in [4.78, 5) is 56.7. The van der Waals surface area contributed by atoms with Gasteiger partial charge >= 0.3 is 5.97 Å². The molecule has 5 aromatic rings. The van der Waals surface area contributed by atoms with Crippen LogP contribution in [-0.4, -0.2) is 140 Å². The molecule has 0 aliphatic carbocycles. The molecule has 5 aromatic carbocycles. The van der Waals surface area contributed by atoms with Gasteiger partial charge in [0.1, 0.15) is 12.1 Å². The number of rotatable bonds is 39. The monoisotopic (exact) mass is 1070 g/mol. The van der Waals surface area contributed by atoms with E-state index >= 15 is 0 Å². The second-order valence-corrected chi connectivity index (χ2v) is 18.1. The van der Waals surface area contributed by atoms with E-state index in [1.54, 1.807) is 12.1 Å². The van der Waals surface area contributed by atoms with Crippen molar-refractivity contribution in [3.05, 3.63) is 183 Å². The van der Waals surface area contributed by atoms with Gasteiger partial charge in [-0.25, -0.2) is 4.79 Å². The van der Waals surface area contributed by atoms with E-state index in [-0.39, 0.29) is 44.6 Å². The summed E-state index contributed by atoms with van der Waals surface area (Å²) in [5.74, 6) is -2.25. The predicted octanol–water partition coefficient (Wildman–Crippen LogP) is 6.90. The van der Waals surface area contributed by atoms with E-state index in [0.717, 1.165) is 27.8 Å². The average molecular weight is 1070 g/mol. The molecule has 19 heteroatoms. The summed E-state index contributed by atoms with van der Waals surface area (Å²) in [6.07, 6.45) is 0.0595. The van der Waals surface area contributed by atoms with Crippen molar-refractivity contribution in [3.8, 4) is 0 Å². The van der Waals surface area contributed by atoms with Gasteiger partial charge in [0.25, 0.3) is 0 Å². The number of nitrogens with zero attached hydrogens (tertiary/aromatic N) is 3. The molecule has 3 amide bonds. The van der Waals surface area contributed by atoms with Crippen LogP contribution in [0.4, 0.5) is 5.69 Å². The van der Waals surface area contributed by atoms with Crippen LogP contribution in [0.2, 0.25) is 0 Å². The van der Waals surface area contributed by atoms with Gasteiger partial charge in [0, 0.05) is 30.0 Å². The highest BCUT2D eigenvalue weighted by Crippen LogP contribution is 2.37. The average Bonchev–Trinajstić information content (AvgIpc) is 3.60. The van der Waals surface area contributed by atoms with Gasteiger partial charge in [0.2, 0.25) is 17.7 Å². The molecule has 0 saturated carbocycles. The van der Waals surface area contributed by atoms with Crippen molar-refractivity contribution in [2.45, 2.75) is 62.8 Å². The zero-order valence-electron chi connectivity index (χ0n) is 44.7. The Bertz CT molecular complexity index is 2500. The van der Waals surface area contributed by atoms with Gasteiger partial charge in [-0.1, -0.05) is 138 Å². The number of nitrogens with one attached hydrogen (secondary N) is 4. The Morgan fingerprint density at radius 1 is 0.590 bits per heavy atom. The molecule has 0 fully saturated rings. The van der Waals surface area contributed by atoms with Crippen LogP contribution in [-0.2, 0) is 64.3 Å². The molecule has 5 rings (SSSR count). The molecular weight excluding hydrogens is 999 g/mol. The van der Waals surface area contributed by atoms with E-state index in [9.17, 15) is 24.3 Å². The molecule has 5 N–H and O–H groups in total. The van der Waals surface area contributed by atoms with E-state index in [1.165, 1.54) is 19.2 Å². The summed E-state index contributed by atoms with van der Waals surface area (Å²) in [5.41, 5.74) is 13.4. The molecule has 0 radical (unpaired) electrons. The second-order valence-electron chi connectivity index (χ2n) is 18.1. The normalized spacial score (nSPS) is 12.4. The number of benzene rings is 5. The van der Waals surface area contributed by atoms with Crippen LogP contribution in [0, 0.1) is 6.92 Å². The fraction of sp³-hybridized carbons (Fsp3) is 0.424. The first-order chi connectivity index (χ1) is 38.1. The number of hydrogen-bond acceptors (Lipinski definition) is 14. The highest BCUT2D eigenvalue weighted by molar-refractivity contribution is 5.98. The lowest BCUT2D eigenvalue weighted by Gasteiger charge is -2.37. The lowest BCUT2D eigenvalue weighted by atomic mass is 9.76. The SMILES string of the molecule is COC(=O)C(O)c1ccc(NC(=O)C(CCCCNC(c2ccccc2)(c2ccccc2)c2ccc(C)cc2)NC(=O)C(Cc2ccccc2)NC(=O)CCOCCOCCOCCOCCOCCOCCN=[N+]=[N-])cc1. The highest BCUT2D eigenvalue weighted by atomic mass is 16.6. The fourth-order valence-electron chi connectivity index (χ4n) is 8.34. The molecule has 0 heterocycles. The summed E-state index contributed by atoms with van der Waals surface area (Å²) in [6.45, 7) is 7.08. The van der Waals surface area contributed by atoms with Crippen LogP contribution >= 0.6 is 0 Å². The summed E-state index contributed by atoms with van der Waals surface area (Å²) in [7, 11) is 1.18. The van der Waals surface area contributed by atoms with Crippen LogP contribution < -0.4 is 21.3 Å². The lowest BCUT2D eigenvalue weighted by Crippen LogP contribution is -2.53. The van der Waals surface area contributed by atoms with Gasteiger partial charge < -0.3 is 54.2 Å². The molecule has 0 spiro atoms. The van der Waals surface area contributed by atoms with Gasteiger partial charge in [-0.3, -0.25) is 19.7 Å². The minimum atomic E-state index is -1.50. The zero-order valence-corrected chi connectivity index (χ0v) is 44.7. The lowest BCUT2D eigenvalue weighted by molar-refractivity contribution is -0.150. The van der Waals surface area contributed by atoms with Crippen LogP contribution in [0.3, 0.4) is 0 Å². The number of ether oxygens (including phenoxy) is 7. The maximum absolute atomic E-state index is 14.4. The number of aliphatic hydroxyl groups excluding tert-OH is 1. The van der Waals surface area contributed by atoms with E-state index in [0.29, 0.717) is 91.1 Å². The zero-order chi connectivity index (χ0) is 55.5. The molecule has 0 aliphatic rings. The number of anilines is 1. The Labute approximate surface area is 457 Å². The van der Waals surface area contributed by atoms with Crippen molar-refractivity contribution >= 4 is 29.4 Å². The second kappa shape index (κ2) is 36.1. The number of methoxy groups -OCH3 is 1. The Kier molecular flexibility index (Phi) is 28.6. The molecule has 3 atom stereocenters. The Hall–Kier alpha value is -7.03. The molecule has 19 nitrogen and oxygen atoms in total. The minimum absolute atomic E-state index is 0.0208. The molecule has 0 bridgehead atoms. The van der Waals surface area contributed by atoms with Crippen molar-refractivity contribution in [2.75, 3.05) is 105 Å². The molecule has 3 unspecified atom stereocenters. The third kappa shape index (κ3) is 21.8. The number of unbranched alkanes of at least 4 members (excludes halogenated alkanes) is 1. The number of aryl methyl sites for hydroxylation is 1. The largest absolute Gasteiger partial charge is 0.467 e. The molecule has 418 valence electrons. The van der Waals surface area contributed by atoms with Crippen molar-refractivity contribution < 1.29 is 57.4 Å². The Morgan fingerprint density at radius 3 is 1.62 bits per heavy atom. The first-order valence-electron chi connectivity index (χ1n) is 26.4. The van der Waals surface area contributed by atoms with E-state index in [1.807, 2.05) is 66.7 Å². The Morgan fingerprint density at radius 2 is 1.09 bits per heavy atom. The van der Waals surface area contributed by atoms with Gasteiger partial charge in [-0.2, -0.15) is 0 Å². The topological polar surface area (TPSA) is 250 Å². The molecule has 0 saturated heterocycles. The van der Waals surface area contributed by atoms with Crippen LogP contribution in [0.25, 0.3) is 10.4 Å². The number of carbonyl (C=O) groups excluding carboxylic acids is 4. The number of aliphatic hydroxyl groups is 1.